The van der Waals surface area contributed by atoms with Gasteiger partial charge in [-0.1, -0.05) is 23.4 Å². The highest BCUT2D eigenvalue weighted by atomic mass is 16.5. The SMILES string of the molecule is Cc1ncccc1-c1cccc(OC2(C(=O)O)CN=NN2)c1. The lowest BCUT2D eigenvalue weighted by atomic mass is 10.0. The molecule has 0 radical (unpaired) electrons. The first-order valence-electron chi connectivity index (χ1n) is 6.69. The zero-order valence-electron chi connectivity index (χ0n) is 11.9. The van der Waals surface area contributed by atoms with Crippen LogP contribution in [0.15, 0.2) is 52.9 Å². The molecule has 0 saturated heterocycles. The van der Waals surface area contributed by atoms with Gasteiger partial charge >= 0.3 is 11.7 Å². The van der Waals surface area contributed by atoms with Gasteiger partial charge < -0.3 is 9.84 Å². The summed E-state index contributed by atoms with van der Waals surface area (Å²) < 4.78 is 5.61. The summed E-state index contributed by atoms with van der Waals surface area (Å²) in [6, 6.07) is 11.0. The van der Waals surface area contributed by atoms with Gasteiger partial charge in [-0.25, -0.2) is 10.2 Å². The largest absolute Gasteiger partial charge is 0.477 e. The third-order valence-electron chi connectivity index (χ3n) is 3.38. The van der Waals surface area contributed by atoms with Crippen LogP contribution in [0.25, 0.3) is 11.1 Å². The number of nitrogens with one attached hydrogen (secondary N) is 1. The molecule has 7 heteroatoms. The molecule has 1 aromatic heterocycles. The highest BCUT2D eigenvalue weighted by Gasteiger charge is 2.44. The molecule has 7 nitrogen and oxygen atoms in total. The number of rotatable bonds is 4. The molecule has 1 aromatic carbocycles. The van der Waals surface area contributed by atoms with E-state index in [0.717, 1.165) is 16.8 Å². The van der Waals surface area contributed by atoms with Crippen LogP contribution in [0, 0.1) is 6.92 Å². The maximum atomic E-state index is 11.4. The zero-order chi connectivity index (χ0) is 15.6. The molecular formula is C15H14N4O3. The quantitative estimate of drug-likeness (QED) is 0.902. The molecule has 0 saturated carbocycles. The van der Waals surface area contributed by atoms with Crippen LogP contribution in [0.3, 0.4) is 0 Å². The molecule has 1 aliphatic heterocycles. The van der Waals surface area contributed by atoms with Crippen molar-refractivity contribution >= 4 is 5.97 Å². The molecule has 0 aliphatic carbocycles. The highest BCUT2D eigenvalue weighted by molar-refractivity contribution is 5.78. The summed E-state index contributed by atoms with van der Waals surface area (Å²) in [6.45, 7) is 1.83. The summed E-state index contributed by atoms with van der Waals surface area (Å²) in [5, 5.41) is 16.5. The maximum Gasteiger partial charge on any atom is 0.373 e. The van der Waals surface area contributed by atoms with Crippen LogP contribution in [0.2, 0.25) is 0 Å². The molecule has 22 heavy (non-hydrogen) atoms. The molecule has 2 aromatic rings. The van der Waals surface area contributed by atoms with Crippen molar-refractivity contribution in [2.45, 2.75) is 12.6 Å². The molecule has 1 aliphatic rings. The number of pyridine rings is 1. The summed E-state index contributed by atoms with van der Waals surface area (Å²) in [5.74, 6) is -0.747. The molecule has 3 rings (SSSR count). The Kier molecular flexibility index (Phi) is 3.46. The van der Waals surface area contributed by atoms with E-state index in [-0.39, 0.29) is 6.54 Å². The second-order valence-electron chi connectivity index (χ2n) is 4.91. The van der Waals surface area contributed by atoms with Gasteiger partial charge in [-0.2, -0.15) is 5.11 Å². The van der Waals surface area contributed by atoms with Gasteiger partial charge in [0.2, 0.25) is 0 Å². The van der Waals surface area contributed by atoms with Crippen LogP contribution in [0.4, 0.5) is 0 Å². The number of hydrogen-bond acceptors (Lipinski definition) is 6. The van der Waals surface area contributed by atoms with Crippen LogP contribution >= 0.6 is 0 Å². The van der Waals surface area contributed by atoms with Gasteiger partial charge in [0.05, 0.1) is 0 Å². The highest BCUT2D eigenvalue weighted by Crippen LogP contribution is 2.28. The van der Waals surface area contributed by atoms with Crippen molar-refractivity contribution in [3.05, 3.63) is 48.3 Å². The van der Waals surface area contributed by atoms with Crippen LogP contribution in [-0.2, 0) is 4.79 Å². The predicted molar refractivity (Wildman–Crippen MR) is 78.3 cm³/mol. The summed E-state index contributed by atoms with van der Waals surface area (Å²) in [6.07, 6.45) is 1.73. The van der Waals surface area contributed by atoms with E-state index in [9.17, 15) is 9.90 Å². The molecule has 0 amide bonds. The second kappa shape index (κ2) is 5.44. The van der Waals surface area contributed by atoms with Gasteiger partial charge in [-0.05, 0) is 30.7 Å². The van der Waals surface area contributed by atoms with Crippen molar-refractivity contribution in [1.29, 1.82) is 0 Å². The fraction of sp³-hybridized carbons (Fsp3) is 0.200. The Morgan fingerprint density at radius 3 is 2.91 bits per heavy atom. The Hall–Kier alpha value is -2.96. The van der Waals surface area contributed by atoms with Crippen LogP contribution in [-0.4, -0.2) is 28.3 Å². The number of aliphatic carboxylic acids is 1. The van der Waals surface area contributed by atoms with E-state index in [1.165, 1.54) is 0 Å². The molecule has 0 spiro atoms. The van der Waals surface area contributed by atoms with Gasteiger partial charge in [-0.15, -0.1) is 0 Å². The van der Waals surface area contributed by atoms with E-state index in [0.29, 0.717) is 5.75 Å². The Labute approximate surface area is 126 Å². The Bertz CT molecular complexity index is 737. The standard InChI is InChI=1S/C15H14N4O3/c1-10-13(6-3-7-16-10)11-4-2-5-12(8-11)22-15(14(20)21)9-17-19-18-15/h2-8H,9H2,1H3,(H,17,18)(H,20,21). The second-order valence-corrected chi connectivity index (χ2v) is 4.91. The van der Waals surface area contributed by atoms with Crippen molar-refractivity contribution in [2.24, 2.45) is 10.3 Å². The van der Waals surface area contributed by atoms with E-state index >= 15 is 0 Å². The van der Waals surface area contributed by atoms with E-state index in [1.807, 2.05) is 25.1 Å². The number of aromatic nitrogens is 1. The minimum absolute atomic E-state index is 0.0848. The number of hydrogen-bond donors (Lipinski definition) is 2. The van der Waals surface area contributed by atoms with Crippen molar-refractivity contribution in [2.75, 3.05) is 6.54 Å². The van der Waals surface area contributed by atoms with Crippen LogP contribution in [0.5, 0.6) is 5.75 Å². The Balaban J connectivity index is 1.92. The minimum atomic E-state index is -1.65. The Morgan fingerprint density at radius 2 is 2.23 bits per heavy atom. The summed E-state index contributed by atoms with van der Waals surface area (Å²) in [5.41, 5.74) is 3.51. The number of nitrogens with zero attached hydrogens (tertiary/aromatic N) is 3. The van der Waals surface area contributed by atoms with E-state index in [2.05, 4.69) is 20.7 Å². The molecule has 0 fully saturated rings. The fourth-order valence-electron chi connectivity index (χ4n) is 2.22. The van der Waals surface area contributed by atoms with E-state index in [4.69, 9.17) is 4.74 Å². The molecule has 0 bridgehead atoms. The minimum Gasteiger partial charge on any atom is -0.477 e. The predicted octanol–water partition coefficient (Wildman–Crippen LogP) is 2.19. The number of ether oxygens (including phenoxy) is 1. The lowest BCUT2D eigenvalue weighted by molar-refractivity contribution is -0.156. The monoisotopic (exact) mass is 298 g/mol. The average molecular weight is 298 g/mol. The number of carboxylic acids is 1. The van der Waals surface area contributed by atoms with Crippen molar-refractivity contribution in [3.63, 3.8) is 0 Å². The molecular weight excluding hydrogens is 284 g/mol. The number of carbonyl (C=O) groups is 1. The molecule has 1 unspecified atom stereocenters. The van der Waals surface area contributed by atoms with Gasteiger partial charge in [0.25, 0.3) is 0 Å². The van der Waals surface area contributed by atoms with Crippen molar-refractivity contribution in [3.8, 4) is 16.9 Å². The van der Waals surface area contributed by atoms with Gasteiger partial charge in [-0.3, -0.25) is 4.98 Å². The first-order chi connectivity index (χ1) is 10.6. The van der Waals surface area contributed by atoms with Crippen molar-refractivity contribution in [1.82, 2.24) is 10.4 Å². The zero-order valence-corrected chi connectivity index (χ0v) is 11.9. The maximum absolute atomic E-state index is 11.4. The average Bonchev–Trinajstić information content (AvgIpc) is 2.98. The topological polar surface area (TPSA) is 96.2 Å². The summed E-state index contributed by atoms with van der Waals surface area (Å²) in [7, 11) is 0. The summed E-state index contributed by atoms with van der Waals surface area (Å²) >= 11 is 0. The number of aryl methyl sites for hydroxylation is 1. The van der Waals surface area contributed by atoms with Gasteiger partial charge in [0, 0.05) is 17.5 Å². The first kappa shape index (κ1) is 14.0. The van der Waals surface area contributed by atoms with E-state index in [1.54, 1.807) is 24.4 Å². The fourth-order valence-corrected chi connectivity index (χ4v) is 2.22. The molecule has 2 N–H and O–H groups in total. The normalized spacial score (nSPS) is 19.7. The van der Waals surface area contributed by atoms with Crippen LogP contribution in [0.1, 0.15) is 5.69 Å². The molecule has 1 atom stereocenters. The number of benzene rings is 1. The Morgan fingerprint density at radius 1 is 1.36 bits per heavy atom. The third kappa shape index (κ3) is 2.48. The first-order valence-corrected chi connectivity index (χ1v) is 6.69. The lowest BCUT2D eigenvalue weighted by Gasteiger charge is -2.23. The summed E-state index contributed by atoms with van der Waals surface area (Å²) in [4.78, 5) is 15.7. The third-order valence-corrected chi connectivity index (χ3v) is 3.38. The van der Waals surface area contributed by atoms with Crippen molar-refractivity contribution < 1.29 is 14.6 Å². The van der Waals surface area contributed by atoms with E-state index < -0.39 is 11.7 Å². The van der Waals surface area contributed by atoms with Crippen LogP contribution < -0.4 is 10.2 Å². The molecule has 112 valence electrons. The smallest absolute Gasteiger partial charge is 0.373 e. The van der Waals surface area contributed by atoms with Gasteiger partial charge in [0.1, 0.15) is 12.3 Å². The molecule has 2 heterocycles. The number of carboxylic acid groups (broad SMARTS) is 1. The lowest BCUT2D eigenvalue weighted by Crippen LogP contribution is -2.54. The van der Waals surface area contributed by atoms with Gasteiger partial charge in [0.15, 0.2) is 0 Å².